The summed E-state index contributed by atoms with van der Waals surface area (Å²) in [4.78, 5) is 4.70. The van der Waals surface area contributed by atoms with E-state index in [-0.39, 0.29) is 41.8 Å². The topological polar surface area (TPSA) is 68.3 Å². The monoisotopic (exact) mass is 482 g/mol. The van der Waals surface area contributed by atoms with Gasteiger partial charge in [0.05, 0.1) is 24.8 Å². The predicted octanol–water partition coefficient (Wildman–Crippen LogP) is 4.36. The third-order valence-corrected chi connectivity index (χ3v) is 8.42. The van der Waals surface area contributed by atoms with E-state index in [4.69, 9.17) is 9.72 Å². The Bertz CT molecular complexity index is 984. The number of aromatic nitrogens is 1. The van der Waals surface area contributed by atoms with Crippen molar-refractivity contribution >= 4 is 22.2 Å². The molecule has 5 nitrogen and oxygen atoms in total. The van der Waals surface area contributed by atoms with Crippen LogP contribution in [0.4, 0.5) is 4.39 Å². The number of nitrogens with one attached hydrogen (secondary N) is 1. The van der Waals surface area contributed by atoms with Gasteiger partial charge in [-0.1, -0.05) is 18.6 Å². The van der Waals surface area contributed by atoms with Crippen LogP contribution in [0, 0.1) is 0 Å². The largest absolute Gasteiger partial charge is 0.494 e. The van der Waals surface area contributed by atoms with E-state index in [9.17, 15) is 12.8 Å². The molecule has 0 saturated heterocycles. The van der Waals surface area contributed by atoms with Crippen LogP contribution in [0.25, 0.3) is 0 Å². The van der Waals surface area contributed by atoms with Crippen molar-refractivity contribution in [1.82, 2.24) is 10.3 Å². The maximum Gasteiger partial charge on any atom is 0.150 e. The molecule has 4 rings (SSSR count). The van der Waals surface area contributed by atoms with Gasteiger partial charge in [-0.2, -0.15) is 0 Å². The van der Waals surface area contributed by atoms with Crippen molar-refractivity contribution in [2.24, 2.45) is 0 Å². The first-order chi connectivity index (χ1) is 15.0. The second-order valence-electron chi connectivity index (χ2n) is 8.62. The van der Waals surface area contributed by atoms with Gasteiger partial charge in [-0.15, -0.1) is 12.4 Å². The number of hydrogen-bond donors (Lipinski definition) is 1. The summed E-state index contributed by atoms with van der Waals surface area (Å²) >= 11 is 0. The Morgan fingerprint density at radius 1 is 1.16 bits per heavy atom. The first-order valence-corrected chi connectivity index (χ1v) is 13.0. The average molecular weight is 483 g/mol. The Balaban J connectivity index is 0.00000289. The van der Waals surface area contributed by atoms with Crippen LogP contribution in [0.15, 0.2) is 42.6 Å². The van der Waals surface area contributed by atoms with E-state index in [1.54, 1.807) is 0 Å². The number of fused-ring (bicyclic) bond motifs is 1. The normalized spacial score (nSPS) is 19.3. The molecule has 0 spiro atoms. The minimum Gasteiger partial charge on any atom is -0.494 e. The van der Waals surface area contributed by atoms with Crippen LogP contribution in [0.2, 0.25) is 0 Å². The molecule has 8 heteroatoms. The van der Waals surface area contributed by atoms with Crippen LogP contribution in [0.5, 0.6) is 5.75 Å². The van der Waals surface area contributed by atoms with E-state index in [0.717, 1.165) is 37.3 Å². The molecule has 1 unspecified atom stereocenters. The molecule has 2 aliphatic rings. The van der Waals surface area contributed by atoms with E-state index in [0.29, 0.717) is 13.0 Å². The smallest absolute Gasteiger partial charge is 0.150 e. The molecular weight excluding hydrogens is 451 g/mol. The number of halogens is 2. The summed E-state index contributed by atoms with van der Waals surface area (Å²) < 4.78 is 41.9. The fraction of sp³-hybridized carbons (Fsp3) is 0.542. The van der Waals surface area contributed by atoms with Crippen LogP contribution in [-0.4, -0.2) is 44.7 Å². The van der Waals surface area contributed by atoms with Gasteiger partial charge in [0.1, 0.15) is 5.75 Å². The fourth-order valence-electron chi connectivity index (χ4n) is 4.87. The highest BCUT2D eigenvalue weighted by atomic mass is 35.5. The van der Waals surface area contributed by atoms with Gasteiger partial charge in [0, 0.05) is 23.3 Å². The number of pyridine rings is 1. The van der Waals surface area contributed by atoms with Gasteiger partial charge in [0.15, 0.2) is 9.84 Å². The molecule has 0 bridgehead atoms. The highest BCUT2D eigenvalue weighted by Crippen LogP contribution is 2.53. The summed E-state index contributed by atoms with van der Waals surface area (Å²) in [7, 11) is -3.20. The van der Waals surface area contributed by atoms with Gasteiger partial charge >= 0.3 is 0 Å². The molecule has 0 radical (unpaired) electrons. The molecule has 1 aromatic carbocycles. The Morgan fingerprint density at radius 3 is 2.66 bits per heavy atom. The zero-order valence-electron chi connectivity index (χ0n) is 18.3. The third kappa shape index (κ3) is 5.43. The van der Waals surface area contributed by atoms with Crippen LogP contribution < -0.4 is 10.1 Å². The molecule has 1 aliphatic heterocycles. The average Bonchev–Trinajstić information content (AvgIpc) is 2.76. The van der Waals surface area contributed by atoms with E-state index >= 15 is 0 Å². The molecule has 32 heavy (non-hydrogen) atoms. The Kier molecular flexibility index (Phi) is 8.53. The number of rotatable bonds is 10. The van der Waals surface area contributed by atoms with E-state index < -0.39 is 16.5 Å². The van der Waals surface area contributed by atoms with Crippen LogP contribution in [0.3, 0.4) is 0 Å². The number of alkyl halides is 1. The van der Waals surface area contributed by atoms with Gasteiger partial charge in [0.2, 0.25) is 0 Å². The molecule has 1 saturated carbocycles. The van der Waals surface area contributed by atoms with Crippen molar-refractivity contribution < 1.29 is 17.5 Å². The highest BCUT2D eigenvalue weighted by molar-refractivity contribution is 7.91. The van der Waals surface area contributed by atoms with Gasteiger partial charge < -0.3 is 10.1 Å². The van der Waals surface area contributed by atoms with Crippen molar-refractivity contribution in [3.63, 3.8) is 0 Å². The van der Waals surface area contributed by atoms with E-state index in [1.807, 2.05) is 18.3 Å². The summed E-state index contributed by atoms with van der Waals surface area (Å²) in [6, 6.07) is 12.6. The second-order valence-corrected chi connectivity index (χ2v) is 10.9. The minimum absolute atomic E-state index is 0. The molecule has 1 N–H and O–H groups in total. The van der Waals surface area contributed by atoms with E-state index in [1.165, 1.54) is 17.5 Å². The first kappa shape index (κ1) is 24.9. The molecule has 1 fully saturated rings. The second kappa shape index (κ2) is 10.9. The first-order valence-electron chi connectivity index (χ1n) is 11.2. The van der Waals surface area contributed by atoms with Crippen LogP contribution in [0.1, 0.15) is 55.0 Å². The highest BCUT2D eigenvalue weighted by Gasteiger charge is 2.48. The Labute approximate surface area is 196 Å². The number of hydrogen-bond acceptors (Lipinski definition) is 5. The van der Waals surface area contributed by atoms with Crippen LogP contribution in [-0.2, 0) is 21.7 Å². The SMILES string of the molecule is Cl.O=S(=O)(CCCF)CCCOc1ccc2c(c1)C(C1(c3ccccn3)CCC1)NCC2. The van der Waals surface area contributed by atoms with Crippen molar-refractivity contribution in [2.45, 2.75) is 50.0 Å². The molecule has 2 heterocycles. The number of sulfone groups is 1. The van der Waals surface area contributed by atoms with Crippen molar-refractivity contribution in [3.05, 3.63) is 59.4 Å². The lowest BCUT2D eigenvalue weighted by atomic mass is 9.59. The van der Waals surface area contributed by atoms with Gasteiger partial charge in [-0.05, 0) is 74.0 Å². The number of benzene rings is 1. The molecule has 2 aromatic rings. The van der Waals surface area contributed by atoms with Gasteiger partial charge in [-0.3, -0.25) is 9.37 Å². The zero-order chi connectivity index (χ0) is 21.7. The molecule has 0 amide bonds. The van der Waals surface area contributed by atoms with Gasteiger partial charge in [0.25, 0.3) is 0 Å². The molecule has 1 aromatic heterocycles. The maximum atomic E-state index is 12.2. The zero-order valence-corrected chi connectivity index (χ0v) is 19.9. The minimum atomic E-state index is -3.20. The summed E-state index contributed by atoms with van der Waals surface area (Å²) in [5.74, 6) is 0.708. The lowest BCUT2D eigenvalue weighted by Gasteiger charge is -2.49. The molecular formula is C24H32ClFN2O3S. The summed E-state index contributed by atoms with van der Waals surface area (Å²) in [5.41, 5.74) is 3.77. The molecule has 1 atom stereocenters. The number of ether oxygens (including phenoxy) is 1. The summed E-state index contributed by atoms with van der Waals surface area (Å²) in [5, 5.41) is 3.74. The van der Waals surface area contributed by atoms with Gasteiger partial charge in [-0.25, -0.2) is 8.42 Å². The van der Waals surface area contributed by atoms with E-state index in [2.05, 4.69) is 29.6 Å². The lowest BCUT2D eigenvalue weighted by Crippen LogP contribution is -2.49. The quantitative estimate of drug-likeness (QED) is 0.510. The van der Waals surface area contributed by atoms with Crippen molar-refractivity contribution in [1.29, 1.82) is 0 Å². The summed E-state index contributed by atoms with van der Waals surface area (Å²) in [6.45, 7) is 0.681. The standard InChI is InChI=1S/C24H31FN2O3S.ClH/c25-12-4-16-31(28,29)17-5-15-30-20-8-7-19-9-14-27-23(21(19)18-20)24(10-3-11-24)22-6-1-2-13-26-22;/h1-2,6-8,13,18,23,27H,3-5,9-12,14-17H2;1H. The Hall–Kier alpha value is -1.70. The van der Waals surface area contributed by atoms with Crippen molar-refractivity contribution in [3.8, 4) is 5.75 Å². The fourth-order valence-corrected chi connectivity index (χ4v) is 6.18. The third-order valence-electron chi connectivity index (χ3n) is 6.60. The lowest BCUT2D eigenvalue weighted by molar-refractivity contribution is 0.159. The Morgan fingerprint density at radius 2 is 1.97 bits per heavy atom. The predicted molar refractivity (Wildman–Crippen MR) is 127 cm³/mol. The van der Waals surface area contributed by atoms with Crippen LogP contribution >= 0.6 is 12.4 Å². The maximum absolute atomic E-state index is 12.2. The molecule has 1 aliphatic carbocycles. The van der Waals surface area contributed by atoms with Crippen molar-refractivity contribution in [2.75, 3.05) is 31.3 Å². The number of nitrogens with zero attached hydrogens (tertiary/aromatic N) is 1. The summed E-state index contributed by atoms with van der Waals surface area (Å²) in [6.07, 6.45) is 6.77. The molecule has 176 valence electrons.